The Morgan fingerprint density at radius 3 is 2.50 bits per heavy atom. The van der Waals surface area contributed by atoms with Crippen molar-refractivity contribution in [2.75, 3.05) is 19.7 Å². The van der Waals surface area contributed by atoms with Crippen LogP contribution in [0.1, 0.15) is 28.2 Å². The number of nitrogens with zero attached hydrogens (tertiary/aromatic N) is 3. The molecule has 1 N–H and O–H groups in total. The molecule has 3 heterocycles. The number of hydrogen-bond donors (Lipinski definition) is 1. The maximum absolute atomic E-state index is 13.2. The lowest BCUT2D eigenvalue weighted by atomic mass is 10.2. The number of benzene rings is 1. The second kappa shape index (κ2) is 8.34. The zero-order chi connectivity index (χ0) is 24.0. The van der Waals surface area contributed by atoms with Crippen LogP contribution >= 0.6 is 0 Å². The van der Waals surface area contributed by atoms with Gasteiger partial charge >= 0.3 is 6.18 Å². The largest absolute Gasteiger partial charge is 0.493 e. The molecule has 1 unspecified atom stereocenters. The van der Waals surface area contributed by atoms with Crippen molar-refractivity contribution < 1.29 is 27.5 Å². The monoisotopic (exact) mass is 472 g/mol. The third-order valence-corrected chi connectivity index (χ3v) is 6.47. The number of halogens is 3. The molecular weight excluding hydrogens is 449 g/mol. The third kappa shape index (κ3) is 4.32. The summed E-state index contributed by atoms with van der Waals surface area (Å²) in [6.45, 7) is 3.37. The minimum absolute atomic E-state index is 0.00409. The second-order valence-electron chi connectivity index (χ2n) is 8.80. The summed E-state index contributed by atoms with van der Waals surface area (Å²) >= 11 is 0. The van der Waals surface area contributed by atoms with E-state index >= 15 is 0 Å². The van der Waals surface area contributed by atoms with Crippen molar-refractivity contribution >= 4 is 17.5 Å². The number of alkyl halides is 3. The summed E-state index contributed by atoms with van der Waals surface area (Å²) < 4.78 is 46.1. The van der Waals surface area contributed by atoms with Crippen LogP contribution in [0.5, 0.6) is 5.75 Å². The van der Waals surface area contributed by atoms with E-state index in [1.54, 1.807) is 4.90 Å². The molecule has 1 saturated carbocycles. The van der Waals surface area contributed by atoms with Crippen LogP contribution in [0.25, 0.3) is 5.65 Å². The number of hydrogen-bond acceptors (Lipinski definition) is 4. The van der Waals surface area contributed by atoms with Gasteiger partial charge in [-0.25, -0.2) is 4.98 Å². The predicted molar refractivity (Wildman–Crippen MR) is 116 cm³/mol. The van der Waals surface area contributed by atoms with Crippen LogP contribution < -0.4 is 10.1 Å². The quantitative estimate of drug-likeness (QED) is 0.597. The molecule has 1 aromatic carbocycles. The van der Waals surface area contributed by atoms with Crippen molar-refractivity contribution in [3.05, 3.63) is 65.6 Å². The van der Waals surface area contributed by atoms with Crippen LogP contribution in [0, 0.1) is 18.8 Å². The SMILES string of the molecule is Cc1ccc(OCCC(=O)N2C[C@@H]3C(NC(=O)c4cn5c(C(F)(F)F)cccc5n4)[C@@H]3C2)cc1. The lowest BCUT2D eigenvalue weighted by molar-refractivity contribution is -0.142. The molecular formula is C24H23F3N4O3. The average Bonchev–Trinajstić information content (AvgIpc) is 3.15. The molecule has 10 heteroatoms. The van der Waals surface area contributed by atoms with Gasteiger partial charge in [0.2, 0.25) is 5.91 Å². The molecule has 3 aromatic rings. The van der Waals surface area contributed by atoms with Crippen molar-refractivity contribution in [3.8, 4) is 5.75 Å². The van der Waals surface area contributed by atoms with Gasteiger partial charge < -0.3 is 15.0 Å². The van der Waals surface area contributed by atoms with Gasteiger partial charge in [0.25, 0.3) is 5.91 Å². The van der Waals surface area contributed by atoms with Gasteiger partial charge in [-0.05, 0) is 31.2 Å². The Balaban J connectivity index is 1.12. The van der Waals surface area contributed by atoms with Gasteiger partial charge in [0.1, 0.15) is 22.8 Å². The molecule has 0 radical (unpaired) electrons. The van der Waals surface area contributed by atoms with Crippen LogP contribution in [0.4, 0.5) is 13.2 Å². The summed E-state index contributed by atoms with van der Waals surface area (Å²) in [7, 11) is 0. The Morgan fingerprint density at radius 1 is 1.12 bits per heavy atom. The topological polar surface area (TPSA) is 75.9 Å². The van der Waals surface area contributed by atoms with Crippen molar-refractivity contribution in [1.82, 2.24) is 19.6 Å². The number of aromatic nitrogens is 2. The molecule has 3 atom stereocenters. The average molecular weight is 472 g/mol. The van der Waals surface area contributed by atoms with E-state index in [1.165, 1.54) is 12.1 Å². The van der Waals surface area contributed by atoms with Gasteiger partial charge in [-0.15, -0.1) is 0 Å². The van der Waals surface area contributed by atoms with E-state index in [1.807, 2.05) is 31.2 Å². The number of fused-ring (bicyclic) bond motifs is 2. The van der Waals surface area contributed by atoms with E-state index in [0.717, 1.165) is 28.0 Å². The van der Waals surface area contributed by atoms with Gasteiger partial charge in [0.15, 0.2) is 0 Å². The summed E-state index contributed by atoms with van der Waals surface area (Å²) in [4.78, 5) is 30.9. The Labute approximate surface area is 193 Å². The van der Waals surface area contributed by atoms with Crippen molar-refractivity contribution in [3.63, 3.8) is 0 Å². The Kier molecular flexibility index (Phi) is 5.45. The third-order valence-electron chi connectivity index (χ3n) is 6.47. The number of carbonyl (C=O) groups excluding carboxylic acids is 2. The fourth-order valence-electron chi connectivity index (χ4n) is 4.57. The summed E-state index contributed by atoms with van der Waals surface area (Å²) in [5, 5.41) is 2.86. The maximum atomic E-state index is 13.2. The number of amides is 2. The van der Waals surface area contributed by atoms with Gasteiger partial charge in [0.05, 0.1) is 13.0 Å². The van der Waals surface area contributed by atoms with Crippen molar-refractivity contribution in [2.24, 2.45) is 11.8 Å². The normalized spacial score (nSPS) is 21.4. The number of ether oxygens (including phenoxy) is 1. The first-order valence-corrected chi connectivity index (χ1v) is 11.0. The number of pyridine rings is 1. The molecule has 34 heavy (non-hydrogen) atoms. The van der Waals surface area contributed by atoms with E-state index in [2.05, 4.69) is 10.3 Å². The number of rotatable bonds is 6. The van der Waals surface area contributed by atoms with Crippen molar-refractivity contribution in [1.29, 1.82) is 0 Å². The van der Waals surface area contributed by atoms with Gasteiger partial charge in [-0.1, -0.05) is 23.8 Å². The zero-order valence-corrected chi connectivity index (χ0v) is 18.4. The fraction of sp³-hybridized carbons (Fsp3) is 0.375. The van der Waals surface area contributed by atoms with Gasteiger partial charge in [0, 0.05) is 37.2 Å². The summed E-state index contributed by atoms with van der Waals surface area (Å²) in [5.41, 5.74) is 0.234. The summed E-state index contributed by atoms with van der Waals surface area (Å²) in [6.07, 6.45) is -3.18. The number of imidazole rings is 1. The molecule has 0 bridgehead atoms. The highest BCUT2D eigenvalue weighted by Crippen LogP contribution is 2.45. The van der Waals surface area contributed by atoms with Crippen LogP contribution in [-0.2, 0) is 11.0 Å². The molecule has 2 amide bonds. The number of carbonyl (C=O) groups is 2. The van der Waals surface area contributed by atoms with E-state index < -0.39 is 17.8 Å². The number of nitrogens with one attached hydrogen (secondary N) is 1. The lowest BCUT2D eigenvalue weighted by Crippen LogP contribution is -2.38. The minimum atomic E-state index is -4.55. The van der Waals surface area contributed by atoms with E-state index in [0.29, 0.717) is 19.7 Å². The molecule has 7 nitrogen and oxygen atoms in total. The molecule has 1 aliphatic heterocycles. The first-order chi connectivity index (χ1) is 16.2. The van der Waals surface area contributed by atoms with Crippen LogP contribution in [0.15, 0.2) is 48.7 Å². The smallest absolute Gasteiger partial charge is 0.431 e. The standard InChI is InChI=1S/C24H23F3N4O3/c1-14-5-7-15(8-6-14)34-10-9-21(32)30-11-16-17(12-30)22(16)29-23(33)18-13-31-19(24(25,26)27)3-2-4-20(31)28-18/h2-8,13,16-17,22H,9-12H2,1H3,(H,29,33)/t16-,17+,22?. The Hall–Kier alpha value is -3.56. The first-order valence-electron chi connectivity index (χ1n) is 11.0. The highest BCUT2D eigenvalue weighted by molar-refractivity contribution is 5.93. The summed E-state index contributed by atoms with van der Waals surface area (Å²) in [6, 6.07) is 11.1. The molecule has 2 aliphatic rings. The van der Waals surface area contributed by atoms with E-state index in [-0.39, 0.29) is 41.5 Å². The minimum Gasteiger partial charge on any atom is -0.493 e. The fourth-order valence-corrected chi connectivity index (χ4v) is 4.57. The van der Waals surface area contributed by atoms with E-state index in [9.17, 15) is 22.8 Å². The summed E-state index contributed by atoms with van der Waals surface area (Å²) in [5.74, 6) is 0.507. The molecule has 2 aromatic heterocycles. The molecule has 2 fully saturated rings. The number of aryl methyl sites for hydroxylation is 1. The Bertz CT molecular complexity index is 1230. The van der Waals surface area contributed by atoms with Gasteiger partial charge in [-0.3, -0.25) is 14.0 Å². The van der Waals surface area contributed by atoms with Crippen LogP contribution in [0.3, 0.4) is 0 Å². The molecule has 178 valence electrons. The highest BCUT2D eigenvalue weighted by atomic mass is 19.4. The molecule has 1 saturated heterocycles. The van der Waals surface area contributed by atoms with Crippen LogP contribution in [0.2, 0.25) is 0 Å². The zero-order valence-electron chi connectivity index (χ0n) is 18.4. The molecule has 0 spiro atoms. The molecule has 5 rings (SSSR count). The Morgan fingerprint density at radius 2 is 1.82 bits per heavy atom. The van der Waals surface area contributed by atoms with E-state index in [4.69, 9.17) is 4.74 Å². The second-order valence-corrected chi connectivity index (χ2v) is 8.80. The van der Waals surface area contributed by atoms with Gasteiger partial charge in [-0.2, -0.15) is 13.2 Å². The first kappa shape index (κ1) is 22.2. The maximum Gasteiger partial charge on any atom is 0.431 e. The number of piperidine rings is 1. The predicted octanol–water partition coefficient (Wildman–Crippen LogP) is 3.32. The van der Waals surface area contributed by atoms with Crippen LogP contribution in [-0.4, -0.2) is 51.8 Å². The molecule has 1 aliphatic carbocycles. The number of likely N-dealkylation sites (tertiary alicyclic amines) is 1. The lowest BCUT2D eigenvalue weighted by Gasteiger charge is -2.20. The highest BCUT2D eigenvalue weighted by Gasteiger charge is 2.57. The van der Waals surface area contributed by atoms with Crippen molar-refractivity contribution in [2.45, 2.75) is 25.6 Å².